The molecular weight excluding hydrogens is 289 g/mol. The number of nitrogens with zero attached hydrogens (tertiary/aromatic N) is 2. The van der Waals surface area contributed by atoms with Crippen LogP contribution in [0.3, 0.4) is 0 Å². The first-order valence-corrected chi connectivity index (χ1v) is 6.34. The summed E-state index contributed by atoms with van der Waals surface area (Å²) in [5, 5.41) is 8.81. The highest BCUT2D eigenvalue weighted by molar-refractivity contribution is 5.97. The van der Waals surface area contributed by atoms with Crippen molar-refractivity contribution < 1.29 is 27.9 Å². The van der Waals surface area contributed by atoms with Gasteiger partial charge >= 0.3 is 12.3 Å². The van der Waals surface area contributed by atoms with Gasteiger partial charge in [-0.2, -0.15) is 13.2 Å². The summed E-state index contributed by atoms with van der Waals surface area (Å²) < 4.78 is 37.2. The van der Waals surface area contributed by atoms with Gasteiger partial charge in [-0.3, -0.25) is 9.78 Å². The molecule has 1 fully saturated rings. The second kappa shape index (κ2) is 5.71. The van der Waals surface area contributed by atoms with E-state index >= 15 is 0 Å². The van der Waals surface area contributed by atoms with E-state index in [-0.39, 0.29) is 30.4 Å². The number of ketones is 1. The molecule has 2 rings (SSSR count). The Morgan fingerprint density at radius 3 is 2.29 bits per heavy atom. The Kier molecular flexibility index (Phi) is 4.15. The molecule has 0 spiro atoms. The first-order chi connectivity index (χ1) is 9.79. The van der Waals surface area contributed by atoms with E-state index in [1.165, 1.54) is 4.90 Å². The van der Waals surface area contributed by atoms with Gasteiger partial charge in [0.05, 0.1) is 0 Å². The molecule has 0 aromatic carbocycles. The van der Waals surface area contributed by atoms with Crippen molar-refractivity contribution >= 4 is 11.9 Å². The van der Waals surface area contributed by atoms with Crippen LogP contribution >= 0.6 is 0 Å². The largest absolute Gasteiger partial charge is 0.465 e. The Hall–Kier alpha value is -2.12. The number of hydrogen-bond acceptors (Lipinski definition) is 3. The Labute approximate surface area is 118 Å². The van der Waals surface area contributed by atoms with Crippen LogP contribution in [0, 0.1) is 5.92 Å². The molecule has 0 saturated carbocycles. The predicted octanol–water partition coefficient (Wildman–Crippen LogP) is 2.67. The molecule has 21 heavy (non-hydrogen) atoms. The van der Waals surface area contributed by atoms with Gasteiger partial charge in [0.1, 0.15) is 5.69 Å². The van der Waals surface area contributed by atoms with E-state index in [1.54, 1.807) is 0 Å². The zero-order chi connectivity index (χ0) is 15.6. The molecule has 1 aliphatic rings. The van der Waals surface area contributed by atoms with Gasteiger partial charge in [0.25, 0.3) is 0 Å². The summed E-state index contributed by atoms with van der Waals surface area (Å²) in [5.41, 5.74) is -0.920. The van der Waals surface area contributed by atoms with Gasteiger partial charge in [-0.15, -0.1) is 0 Å². The van der Waals surface area contributed by atoms with Crippen LogP contribution in [-0.4, -0.2) is 40.0 Å². The average molecular weight is 302 g/mol. The minimum absolute atomic E-state index is 0.122. The lowest BCUT2D eigenvalue weighted by molar-refractivity contribution is -0.141. The average Bonchev–Trinajstić information content (AvgIpc) is 2.46. The molecule has 0 aliphatic carbocycles. The minimum Gasteiger partial charge on any atom is -0.465 e. The molecule has 8 heteroatoms. The molecule has 0 atom stereocenters. The molecule has 1 amide bonds. The van der Waals surface area contributed by atoms with Gasteiger partial charge in [-0.25, -0.2) is 4.79 Å². The van der Waals surface area contributed by atoms with Gasteiger partial charge < -0.3 is 10.0 Å². The third-order valence-corrected chi connectivity index (χ3v) is 3.47. The number of alkyl halides is 3. The number of aromatic nitrogens is 1. The fraction of sp³-hybridized carbons (Fsp3) is 0.462. The Bertz CT molecular complexity index is 535. The molecule has 1 aliphatic heterocycles. The van der Waals surface area contributed by atoms with Crippen LogP contribution in [0.5, 0.6) is 0 Å². The summed E-state index contributed by atoms with van der Waals surface area (Å²) in [6.07, 6.45) is -3.90. The van der Waals surface area contributed by atoms with E-state index in [1.807, 2.05) is 0 Å². The van der Waals surface area contributed by atoms with Gasteiger partial charge in [-0.05, 0) is 25.0 Å². The van der Waals surface area contributed by atoms with Gasteiger partial charge in [0.2, 0.25) is 0 Å². The zero-order valence-electron chi connectivity index (χ0n) is 10.9. The van der Waals surface area contributed by atoms with Crippen LogP contribution in [0.15, 0.2) is 18.3 Å². The molecule has 1 N–H and O–H groups in total. The first-order valence-electron chi connectivity index (χ1n) is 6.34. The van der Waals surface area contributed by atoms with Crippen molar-refractivity contribution in [1.29, 1.82) is 0 Å². The van der Waals surface area contributed by atoms with E-state index in [4.69, 9.17) is 5.11 Å². The Morgan fingerprint density at radius 1 is 1.24 bits per heavy atom. The maximum Gasteiger partial charge on any atom is 0.433 e. The second-order valence-corrected chi connectivity index (χ2v) is 4.84. The molecule has 2 heterocycles. The quantitative estimate of drug-likeness (QED) is 0.853. The van der Waals surface area contributed by atoms with Crippen LogP contribution < -0.4 is 0 Å². The van der Waals surface area contributed by atoms with E-state index in [2.05, 4.69) is 4.98 Å². The summed E-state index contributed by atoms with van der Waals surface area (Å²) in [5.74, 6) is -0.666. The Morgan fingerprint density at radius 2 is 1.86 bits per heavy atom. The topological polar surface area (TPSA) is 70.5 Å². The van der Waals surface area contributed by atoms with E-state index < -0.39 is 18.0 Å². The number of pyridine rings is 1. The Balaban J connectivity index is 2.03. The first kappa shape index (κ1) is 15.3. The number of Topliss-reactive ketones (excluding diaryl/α,β-unsaturated/α-hetero) is 1. The van der Waals surface area contributed by atoms with Crippen LogP contribution in [0.1, 0.15) is 28.9 Å². The van der Waals surface area contributed by atoms with Crippen molar-refractivity contribution in [2.45, 2.75) is 19.0 Å². The molecule has 0 unspecified atom stereocenters. The number of rotatable bonds is 2. The van der Waals surface area contributed by atoms with Crippen molar-refractivity contribution in [3.63, 3.8) is 0 Å². The number of carbonyl (C=O) groups excluding carboxylic acids is 1. The smallest absolute Gasteiger partial charge is 0.433 e. The van der Waals surface area contributed by atoms with Gasteiger partial charge in [0, 0.05) is 30.8 Å². The molecule has 114 valence electrons. The van der Waals surface area contributed by atoms with Crippen molar-refractivity contribution in [1.82, 2.24) is 9.88 Å². The molecular formula is C13H13F3N2O3. The van der Waals surface area contributed by atoms with Crippen LogP contribution in [0.4, 0.5) is 18.0 Å². The SMILES string of the molecule is O=C(c1ccc(C(F)(F)F)nc1)C1CCN(C(=O)O)CC1. The summed E-state index contributed by atoms with van der Waals surface area (Å²) in [6, 6.07) is 1.89. The van der Waals surface area contributed by atoms with Crippen LogP contribution in [0.2, 0.25) is 0 Å². The third kappa shape index (κ3) is 3.50. The normalized spacial score (nSPS) is 16.8. The molecule has 1 aromatic heterocycles. The summed E-state index contributed by atoms with van der Waals surface area (Å²) in [4.78, 5) is 27.4. The minimum atomic E-state index is -4.53. The molecule has 1 aromatic rings. The zero-order valence-corrected chi connectivity index (χ0v) is 10.9. The summed E-state index contributed by atoms with van der Waals surface area (Å²) in [7, 11) is 0. The van der Waals surface area contributed by atoms with Crippen molar-refractivity contribution in [2.75, 3.05) is 13.1 Å². The maximum atomic E-state index is 12.4. The summed E-state index contributed by atoms with van der Waals surface area (Å²) in [6.45, 7) is 0.500. The van der Waals surface area contributed by atoms with E-state index in [0.29, 0.717) is 12.8 Å². The number of piperidine rings is 1. The van der Waals surface area contributed by atoms with Gasteiger partial charge in [0.15, 0.2) is 5.78 Å². The fourth-order valence-electron chi connectivity index (χ4n) is 2.28. The number of halogens is 3. The highest BCUT2D eigenvalue weighted by Crippen LogP contribution is 2.28. The molecule has 1 saturated heterocycles. The highest BCUT2D eigenvalue weighted by atomic mass is 19.4. The lowest BCUT2D eigenvalue weighted by Crippen LogP contribution is -2.39. The lowest BCUT2D eigenvalue weighted by Gasteiger charge is -2.29. The highest BCUT2D eigenvalue weighted by Gasteiger charge is 2.33. The summed E-state index contributed by atoms with van der Waals surface area (Å²) >= 11 is 0. The molecule has 5 nitrogen and oxygen atoms in total. The van der Waals surface area contributed by atoms with Crippen molar-refractivity contribution in [3.05, 3.63) is 29.6 Å². The van der Waals surface area contributed by atoms with Crippen molar-refractivity contribution in [3.8, 4) is 0 Å². The number of amides is 1. The number of hydrogen-bond donors (Lipinski definition) is 1. The van der Waals surface area contributed by atoms with Crippen LogP contribution in [0.25, 0.3) is 0 Å². The maximum absolute atomic E-state index is 12.4. The van der Waals surface area contributed by atoms with E-state index in [9.17, 15) is 22.8 Å². The molecule has 0 bridgehead atoms. The second-order valence-electron chi connectivity index (χ2n) is 4.84. The predicted molar refractivity (Wildman–Crippen MR) is 65.9 cm³/mol. The van der Waals surface area contributed by atoms with Gasteiger partial charge in [-0.1, -0.05) is 0 Å². The number of carboxylic acid groups (broad SMARTS) is 1. The standard InChI is InChI=1S/C13H13F3N2O3/c14-13(15,16)10-2-1-9(7-17-10)11(19)8-3-5-18(6-4-8)12(20)21/h1-2,7-8H,3-6H2,(H,20,21). The van der Waals surface area contributed by atoms with Crippen molar-refractivity contribution in [2.24, 2.45) is 5.92 Å². The monoisotopic (exact) mass is 302 g/mol. The van der Waals surface area contributed by atoms with Crippen LogP contribution in [-0.2, 0) is 6.18 Å². The lowest BCUT2D eigenvalue weighted by atomic mass is 9.89. The number of likely N-dealkylation sites (tertiary alicyclic amines) is 1. The third-order valence-electron chi connectivity index (χ3n) is 3.47. The number of carbonyl (C=O) groups is 2. The van der Waals surface area contributed by atoms with E-state index in [0.717, 1.165) is 18.3 Å². The fourth-order valence-corrected chi connectivity index (χ4v) is 2.28. The molecule has 0 radical (unpaired) electrons.